The van der Waals surface area contributed by atoms with Crippen LogP contribution in [0.2, 0.25) is 0 Å². The molecule has 21 heavy (non-hydrogen) atoms. The van der Waals surface area contributed by atoms with Crippen molar-refractivity contribution in [3.8, 4) is 0 Å². The Balaban J connectivity index is 0.000000774. The molecule has 0 bridgehead atoms. The van der Waals surface area contributed by atoms with E-state index in [4.69, 9.17) is 3.40 Å². The maximum absolute atomic E-state index is 13.8. The fraction of sp³-hybridized carbons (Fsp3) is 0.500. The predicted molar refractivity (Wildman–Crippen MR) is 63.5 cm³/mol. The molecule has 0 unspecified atom stereocenters. The Morgan fingerprint density at radius 1 is 1.05 bits per heavy atom. The Morgan fingerprint density at radius 3 is 2.48 bits per heavy atom. The third-order valence-electron chi connectivity index (χ3n) is 4.14. The number of hydrogen-bond donors (Lipinski definition) is 0. The molecular formula is C14H14F3NO2Pt. The van der Waals surface area contributed by atoms with Crippen LogP contribution in [0.25, 0.3) is 0 Å². The van der Waals surface area contributed by atoms with Gasteiger partial charge in [0.15, 0.2) is 17.5 Å². The van der Waals surface area contributed by atoms with Gasteiger partial charge in [0.05, 0.1) is 6.04 Å². The van der Waals surface area contributed by atoms with Crippen LogP contribution < -0.4 is 0 Å². The molecule has 1 amide bonds. The van der Waals surface area contributed by atoms with E-state index in [-0.39, 0.29) is 17.5 Å². The SMILES string of the molecule is O=C1CCC[C@H]2CC[C@@H](c3ccc(F)c(F)c3F)N12.[O]=[Pt]. The molecule has 0 N–H and O–H groups in total. The van der Waals surface area contributed by atoms with Crippen LogP contribution in [-0.2, 0) is 28.0 Å². The van der Waals surface area contributed by atoms with E-state index in [0.29, 0.717) is 12.8 Å². The molecule has 2 fully saturated rings. The molecule has 1 aromatic carbocycles. The summed E-state index contributed by atoms with van der Waals surface area (Å²) in [4.78, 5) is 13.6. The van der Waals surface area contributed by atoms with Gasteiger partial charge in [-0.1, -0.05) is 6.07 Å². The van der Waals surface area contributed by atoms with E-state index in [1.165, 1.54) is 6.07 Å². The molecular weight excluding hydrogens is 466 g/mol. The summed E-state index contributed by atoms with van der Waals surface area (Å²) in [5, 5.41) is 0. The number of carbonyl (C=O) groups is 1. The van der Waals surface area contributed by atoms with Crippen molar-refractivity contribution in [3.05, 3.63) is 35.1 Å². The average molecular weight is 480 g/mol. The van der Waals surface area contributed by atoms with E-state index in [1.54, 1.807) is 4.90 Å². The van der Waals surface area contributed by atoms with Crippen LogP contribution in [0.1, 0.15) is 43.7 Å². The second-order valence-electron chi connectivity index (χ2n) is 5.20. The molecule has 118 valence electrons. The Kier molecular flexibility index (Phi) is 5.31. The molecule has 2 heterocycles. The van der Waals surface area contributed by atoms with E-state index in [2.05, 4.69) is 0 Å². The van der Waals surface area contributed by atoms with Crippen molar-refractivity contribution in [3.63, 3.8) is 0 Å². The number of piperidine rings is 1. The van der Waals surface area contributed by atoms with Crippen LogP contribution in [0.5, 0.6) is 0 Å². The third kappa shape index (κ3) is 2.96. The summed E-state index contributed by atoms with van der Waals surface area (Å²) < 4.78 is 48.3. The van der Waals surface area contributed by atoms with Gasteiger partial charge in [-0.25, -0.2) is 13.2 Å². The van der Waals surface area contributed by atoms with Crippen molar-refractivity contribution in [2.75, 3.05) is 0 Å². The number of amides is 1. The summed E-state index contributed by atoms with van der Waals surface area (Å²) >= 11 is 0.889. The molecule has 0 spiro atoms. The van der Waals surface area contributed by atoms with Gasteiger partial charge in [0, 0.05) is 18.0 Å². The fourth-order valence-corrected chi connectivity index (χ4v) is 3.27. The number of rotatable bonds is 1. The summed E-state index contributed by atoms with van der Waals surface area (Å²) in [7, 11) is 0. The van der Waals surface area contributed by atoms with Crippen LogP contribution in [0.4, 0.5) is 13.2 Å². The molecule has 1 aromatic rings. The minimum atomic E-state index is -1.45. The standard InChI is InChI=1S/C14H14F3NO.O.Pt/c15-10-6-5-9(13(16)14(10)17)11-7-4-8-2-1-3-12(19)18(8)11;;/h5-6,8,11H,1-4,7H2;;/t8-,11-;;/m0../s1. The Hall–Kier alpha value is -1.03. The quantitative estimate of drug-likeness (QED) is 0.580. The van der Waals surface area contributed by atoms with Gasteiger partial charge < -0.3 is 4.90 Å². The molecule has 2 saturated heterocycles. The molecule has 0 radical (unpaired) electrons. The van der Waals surface area contributed by atoms with Gasteiger partial charge >= 0.3 is 23.2 Å². The van der Waals surface area contributed by atoms with E-state index < -0.39 is 23.5 Å². The summed E-state index contributed by atoms with van der Waals surface area (Å²) in [5.74, 6) is -3.82. The molecule has 0 aromatic heterocycles. The van der Waals surface area contributed by atoms with Crippen molar-refractivity contribution >= 4 is 5.91 Å². The van der Waals surface area contributed by atoms with Gasteiger partial charge in [-0.3, -0.25) is 4.79 Å². The maximum atomic E-state index is 13.8. The first-order valence-electron chi connectivity index (χ1n) is 6.67. The molecule has 0 aliphatic carbocycles. The monoisotopic (exact) mass is 480 g/mol. The second-order valence-corrected chi connectivity index (χ2v) is 5.20. The first-order chi connectivity index (χ1) is 10.1. The zero-order chi connectivity index (χ0) is 15.6. The first-order valence-corrected chi connectivity index (χ1v) is 7.60. The van der Waals surface area contributed by atoms with Crippen LogP contribution >= 0.6 is 0 Å². The van der Waals surface area contributed by atoms with Crippen LogP contribution in [-0.4, -0.2) is 16.8 Å². The number of hydrogen-bond acceptors (Lipinski definition) is 2. The Labute approximate surface area is 131 Å². The normalized spacial score (nSPS) is 24.4. The number of carbonyl (C=O) groups excluding carboxylic acids is 1. The summed E-state index contributed by atoms with van der Waals surface area (Å²) in [6.45, 7) is 0. The summed E-state index contributed by atoms with van der Waals surface area (Å²) in [5.41, 5.74) is 0.0941. The van der Waals surface area contributed by atoms with E-state index in [9.17, 15) is 18.0 Å². The Morgan fingerprint density at radius 2 is 1.76 bits per heavy atom. The van der Waals surface area contributed by atoms with Gasteiger partial charge in [0.1, 0.15) is 0 Å². The zero-order valence-corrected chi connectivity index (χ0v) is 13.3. The molecule has 2 aliphatic heterocycles. The predicted octanol–water partition coefficient (Wildman–Crippen LogP) is 3.20. The number of halogens is 3. The van der Waals surface area contributed by atoms with Gasteiger partial charge in [-0.2, -0.15) is 0 Å². The first kappa shape index (κ1) is 16.3. The van der Waals surface area contributed by atoms with Crippen molar-refractivity contribution in [2.24, 2.45) is 0 Å². The fourth-order valence-electron chi connectivity index (χ4n) is 3.27. The van der Waals surface area contributed by atoms with Crippen molar-refractivity contribution < 1.29 is 41.1 Å². The van der Waals surface area contributed by atoms with Crippen molar-refractivity contribution in [2.45, 2.75) is 44.2 Å². The zero-order valence-electron chi connectivity index (χ0n) is 11.1. The van der Waals surface area contributed by atoms with Crippen molar-refractivity contribution in [1.29, 1.82) is 0 Å². The molecule has 3 nitrogen and oxygen atoms in total. The topological polar surface area (TPSA) is 37.4 Å². The molecule has 3 rings (SSSR count). The molecule has 0 saturated carbocycles. The van der Waals surface area contributed by atoms with Gasteiger partial charge in [0.25, 0.3) is 0 Å². The van der Waals surface area contributed by atoms with E-state index in [1.807, 2.05) is 0 Å². The minimum absolute atomic E-state index is 0.0112. The summed E-state index contributed by atoms with van der Waals surface area (Å²) in [6, 6.07) is 1.85. The second kappa shape index (κ2) is 6.82. The number of fused-ring (bicyclic) bond motifs is 1. The molecule has 7 heteroatoms. The van der Waals surface area contributed by atoms with Gasteiger partial charge in [-0.05, 0) is 31.7 Å². The third-order valence-corrected chi connectivity index (χ3v) is 4.14. The van der Waals surface area contributed by atoms with Gasteiger partial charge in [0.2, 0.25) is 5.91 Å². The number of nitrogens with zero attached hydrogens (tertiary/aromatic N) is 1. The van der Waals surface area contributed by atoms with Crippen LogP contribution in [0.15, 0.2) is 12.1 Å². The van der Waals surface area contributed by atoms with Gasteiger partial charge in [-0.15, -0.1) is 0 Å². The van der Waals surface area contributed by atoms with E-state index in [0.717, 1.165) is 45.1 Å². The van der Waals surface area contributed by atoms with Crippen molar-refractivity contribution in [1.82, 2.24) is 4.90 Å². The molecule has 2 aliphatic rings. The summed E-state index contributed by atoms with van der Waals surface area (Å²) in [6.07, 6.45) is 3.63. The van der Waals surface area contributed by atoms with Crippen LogP contribution in [0.3, 0.4) is 0 Å². The average Bonchev–Trinajstić information content (AvgIpc) is 2.92. The van der Waals surface area contributed by atoms with E-state index >= 15 is 0 Å². The molecule has 2 atom stereocenters. The number of benzene rings is 1. The Bertz CT molecular complexity index is 555. The van der Waals surface area contributed by atoms with Crippen LogP contribution in [0, 0.1) is 17.5 Å².